The Morgan fingerprint density at radius 1 is 1.31 bits per heavy atom. The molecule has 1 aromatic carbocycles. The molecule has 4 aromatic rings. The molecule has 0 radical (unpaired) electrons. The van der Waals surface area contributed by atoms with E-state index in [9.17, 15) is 14.9 Å². The molecule has 5 rings (SSSR count). The zero-order valence-corrected chi connectivity index (χ0v) is 18.9. The second-order valence-corrected chi connectivity index (χ2v) is 8.21. The van der Waals surface area contributed by atoms with Gasteiger partial charge in [-0.1, -0.05) is 0 Å². The summed E-state index contributed by atoms with van der Waals surface area (Å²) in [7, 11) is 1.51. The average molecular weight is 470 g/mol. The maximum absolute atomic E-state index is 13.2. The van der Waals surface area contributed by atoms with Gasteiger partial charge in [0.05, 0.1) is 30.6 Å². The number of rotatable bonds is 7. The van der Waals surface area contributed by atoms with Gasteiger partial charge in [-0.3, -0.25) is 14.3 Å². The predicted molar refractivity (Wildman–Crippen MR) is 126 cm³/mol. The van der Waals surface area contributed by atoms with Crippen molar-refractivity contribution in [2.75, 3.05) is 12.4 Å². The van der Waals surface area contributed by atoms with Gasteiger partial charge in [-0.2, -0.15) is 15.5 Å². The van der Waals surface area contributed by atoms with Crippen LogP contribution in [-0.2, 0) is 11.3 Å². The molecule has 1 aliphatic carbocycles. The topological polar surface area (TPSA) is 139 Å². The largest absolute Gasteiger partial charge is 0.496 e. The van der Waals surface area contributed by atoms with Crippen molar-refractivity contribution in [1.29, 1.82) is 5.26 Å². The SMILES string of the molecule is COc1ccc(C#N)cc1-c1nn(CC(=O)NC2CCC2)cc1NC(=O)c1cnn2cccnc12. The lowest BCUT2D eigenvalue weighted by molar-refractivity contribution is -0.123. The van der Waals surface area contributed by atoms with Crippen LogP contribution in [0.4, 0.5) is 5.69 Å². The molecule has 0 unspecified atom stereocenters. The van der Waals surface area contributed by atoms with Crippen molar-refractivity contribution in [3.63, 3.8) is 0 Å². The van der Waals surface area contributed by atoms with Gasteiger partial charge in [-0.15, -0.1) is 0 Å². The fourth-order valence-corrected chi connectivity index (χ4v) is 3.91. The molecule has 3 heterocycles. The van der Waals surface area contributed by atoms with Crippen molar-refractivity contribution >= 4 is 23.1 Å². The molecule has 0 atom stereocenters. The van der Waals surface area contributed by atoms with Crippen molar-refractivity contribution in [3.8, 4) is 23.1 Å². The predicted octanol–water partition coefficient (Wildman–Crippen LogP) is 2.39. The van der Waals surface area contributed by atoms with Crippen LogP contribution >= 0.6 is 0 Å². The molecule has 2 amide bonds. The quantitative estimate of drug-likeness (QED) is 0.423. The highest BCUT2D eigenvalue weighted by molar-refractivity contribution is 6.09. The van der Waals surface area contributed by atoms with Crippen molar-refractivity contribution in [1.82, 2.24) is 29.7 Å². The second-order valence-electron chi connectivity index (χ2n) is 8.21. The lowest BCUT2D eigenvalue weighted by Crippen LogP contribution is -2.41. The molecule has 3 aromatic heterocycles. The first-order chi connectivity index (χ1) is 17.1. The summed E-state index contributed by atoms with van der Waals surface area (Å²) in [6.07, 6.45) is 9.36. The van der Waals surface area contributed by atoms with E-state index in [0.29, 0.717) is 33.9 Å². The summed E-state index contributed by atoms with van der Waals surface area (Å²) >= 11 is 0. The molecule has 176 valence electrons. The Balaban J connectivity index is 1.51. The third-order valence-electron chi connectivity index (χ3n) is 5.89. The van der Waals surface area contributed by atoms with Crippen LogP contribution in [0.1, 0.15) is 35.2 Å². The Labute approximate surface area is 200 Å². The van der Waals surface area contributed by atoms with Crippen LogP contribution < -0.4 is 15.4 Å². The summed E-state index contributed by atoms with van der Waals surface area (Å²) in [5.74, 6) is -0.124. The summed E-state index contributed by atoms with van der Waals surface area (Å²) in [6, 6.07) is 8.95. The number of carbonyl (C=O) groups excluding carboxylic acids is 2. The summed E-state index contributed by atoms with van der Waals surface area (Å²) in [5.41, 5.74) is 2.33. The lowest BCUT2D eigenvalue weighted by atomic mass is 9.93. The van der Waals surface area contributed by atoms with Crippen LogP contribution in [0.5, 0.6) is 5.75 Å². The molecule has 0 aliphatic heterocycles. The highest BCUT2D eigenvalue weighted by atomic mass is 16.5. The van der Waals surface area contributed by atoms with Gasteiger partial charge in [-0.25, -0.2) is 9.50 Å². The number of anilines is 1. The fraction of sp³-hybridized carbons (Fsp3) is 0.250. The first-order valence-electron chi connectivity index (χ1n) is 11.1. The van der Waals surface area contributed by atoms with Gasteiger partial charge in [0.1, 0.15) is 23.6 Å². The number of carbonyl (C=O) groups is 2. The van der Waals surface area contributed by atoms with Crippen molar-refractivity contribution in [3.05, 3.63) is 60.2 Å². The van der Waals surface area contributed by atoms with Crippen LogP contribution in [0.2, 0.25) is 0 Å². The van der Waals surface area contributed by atoms with Crippen molar-refractivity contribution in [2.24, 2.45) is 0 Å². The highest BCUT2D eigenvalue weighted by Crippen LogP contribution is 2.35. The monoisotopic (exact) mass is 470 g/mol. The van der Waals surface area contributed by atoms with E-state index in [4.69, 9.17) is 4.74 Å². The Kier molecular flexibility index (Phi) is 5.85. The Hall–Kier alpha value is -4.72. The van der Waals surface area contributed by atoms with Crippen molar-refractivity contribution in [2.45, 2.75) is 31.8 Å². The van der Waals surface area contributed by atoms with E-state index in [1.54, 1.807) is 42.9 Å². The Morgan fingerprint density at radius 2 is 2.17 bits per heavy atom. The van der Waals surface area contributed by atoms with Gasteiger partial charge < -0.3 is 15.4 Å². The first kappa shape index (κ1) is 22.1. The highest BCUT2D eigenvalue weighted by Gasteiger charge is 2.23. The van der Waals surface area contributed by atoms with E-state index >= 15 is 0 Å². The second kappa shape index (κ2) is 9.26. The number of methoxy groups -OCH3 is 1. The summed E-state index contributed by atoms with van der Waals surface area (Å²) in [5, 5.41) is 24.0. The minimum atomic E-state index is -0.436. The normalized spacial score (nSPS) is 13.1. The minimum absolute atomic E-state index is 0.0160. The zero-order valence-electron chi connectivity index (χ0n) is 18.9. The van der Waals surface area contributed by atoms with E-state index in [-0.39, 0.29) is 24.1 Å². The molecule has 35 heavy (non-hydrogen) atoms. The van der Waals surface area contributed by atoms with E-state index < -0.39 is 5.91 Å². The first-order valence-corrected chi connectivity index (χ1v) is 11.1. The standard InChI is InChI=1S/C24H22N8O3/c1-35-20-7-6-15(11-25)10-17(20)22-19(13-31(30-22)14-21(33)28-16-4-2-5-16)29-24(34)18-12-27-32-9-3-8-26-23(18)32/h3,6-10,12-13,16H,2,4-5,14H2,1H3,(H,28,33)(H,29,34). The number of benzene rings is 1. The molecule has 0 bridgehead atoms. The molecular weight excluding hydrogens is 448 g/mol. The van der Waals surface area contributed by atoms with Gasteiger partial charge in [0, 0.05) is 30.2 Å². The number of ether oxygens (including phenoxy) is 1. The summed E-state index contributed by atoms with van der Waals surface area (Å²) in [6.45, 7) is -0.0160. The molecule has 11 heteroatoms. The lowest BCUT2D eigenvalue weighted by Gasteiger charge is -2.26. The third kappa shape index (κ3) is 4.41. The van der Waals surface area contributed by atoms with E-state index in [1.165, 1.54) is 22.5 Å². The molecule has 1 aliphatic rings. The Bertz CT molecular complexity index is 1460. The van der Waals surface area contributed by atoms with Crippen LogP contribution in [0.3, 0.4) is 0 Å². The molecule has 0 spiro atoms. The van der Waals surface area contributed by atoms with Gasteiger partial charge in [0.25, 0.3) is 5.91 Å². The van der Waals surface area contributed by atoms with Gasteiger partial charge in [-0.05, 0) is 43.5 Å². The van der Waals surface area contributed by atoms with Gasteiger partial charge >= 0.3 is 0 Å². The molecule has 1 fully saturated rings. The van der Waals surface area contributed by atoms with E-state index in [2.05, 4.69) is 31.9 Å². The third-order valence-corrected chi connectivity index (χ3v) is 5.89. The van der Waals surface area contributed by atoms with E-state index in [1.807, 2.05) is 0 Å². The summed E-state index contributed by atoms with van der Waals surface area (Å²) < 4.78 is 8.45. The summed E-state index contributed by atoms with van der Waals surface area (Å²) in [4.78, 5) is 29.9. The zero-order chi connectivity index (χ0) is 24.4. The van der Waals surface area contributed by atoms with E-state index in [0.717, 1.165) is 19.3 Å². The Morgan fingerprint density at radius 3 is 2.91 bits per heavy atom. The molecule has 1 saturated carbocycles. The van der Waals surface area contributed by atoms with Gasteiger partial charge in [0.15, 0.2) is 5.65 Å². The number of nitrogens with one attached hydrogen (secondary N) is 2. The van der Waals surface area contributed by atoms with Crippen LogP contribution in [0.25, 0.3) is 16.9 Å². The maximum atomic E-state index is 13.2. The van der Waals surface area contributed by atoms with Crippen LogP contribution in [0.15, 0.2) is 49.1 Å². The molecule has 2 N–H and O–H groups in total. The number of hydrogen-bond acceptors (Lipinski definition) is 7. The maximum Gasteiger partial charge on any atom is 0.261 e. The number of nitriles is 1. The number of nitrogens with zero attached hydrogens (tertiary/aromatic N) is 6. The number of hydrogen-bond donors (Lipinski definition) is 2. The fourth-order valence-electron chi connectivity index (χ4n) is 3.91. The molecular formula is C24H22N8O3. The smallest absolute Gasteiger partial charge is 0.261 e. The van der Waals surface area contributed by atoms with Crippen LogP contribution in [-0.4, -0.2) is 49.3 Å². The average Bonchev–Trinajstić information content (AvgIpc) is 3.45. The number of aromatic nitrogens is 5. The van der Waals surface area contributed by atoms with Crippen molar-refractivity contribution < 1.29 is 14.3 Å². The molecule has 0 saturated heterocycles. The number of fused-ring (bicyclic) bond motifs is 1. The molecule has 11 nitrogen and oxygen atoms in total. The van der Waals surface area contributed by atoms with Crippen LogP contribution in [0, 0.1) is 11.3 Å². The minimum Gasteiger partial charge on any atom is -0.496 e. The van der Waals surface area contributed by atoms with Gasteiger partial charge in [0.2, 0.25) is 5.91 Å². The number of amides is 2.